The summed E-state index contributed by atoms with van der Waals surface area (Å²) in [6, 6.07) is -0.882. The van der Waals surface area contributed by atoms with Gasteiger partial charge in [-0.3, -0.25) is 9.36 Å². The summed E-state index contributed by atoms with van der Waals surface area (Å²) in [7, 11) is 1.28. The number of phosphoric ester groups is 1. The number of unbranched alkanes of at least 4 members (excludes halogenated alkanes) is 48. The van der Waals surface area contributed by atoms with E-state index in [0.29, 0.717) is 17.4 Å². The molecule has 0 saturated heterocycles. The van der Waals surface area contributed by atoms with Crippen molar-refractivity contribution in [1.29, 1.82) is 0 Å². The van der Waals surface area contributed by atoms with Gasteiger partial charge in [0.15, 0.2) is 0 Å². The van der Waals surface area contributed by atoms with E-state index in [1.807, 2.05) is 27.2 Å². The van der Waals surface area contributed by atoms with Crippen molar-refractivity contribution in [2.45, 2.75) is 353 Å². The molecule has 2 N–H and O–H groups in total. The van der Waals surface area contributed by atoms with Crippen LogP contribution in [0.1, 0.15) is 341 Å². The topological polar surface area (TPSA) is 108 Å². The maximum absolute atomic E-state index is 13.0. The van der Waals surface area contributed by atoms with E-state index in [1.165, 1.54) is 283 Å². The van der Waals surface area contributed by atoms with Gasteiger partial charge in [-0.1, -0.05) is 328 Å². The second-order valence-corrected chi connectivity index (χ2v) is 25.2. The van der Waals surface area contributed by atoms with Crippen molar-refractivity contribution >= 4 is 13.7 Å². The average Bonchev–Trinajstić information content (AvgIpc) is 3.35. The molecule has 0 aliphatic carbocycles. The zero-order valence-electron chi connectivity index (χ0n) is 49.9. The quantitative estimate of drug-likeness (QED) is 0.0272. The average molecular weight is 1050 g/mol. The predicted molar refractivity (Wildman–Crippen MR) is 316 cm³/mol. The summed E-state index contributed by atoms with van der Waals surface area (Å²) < 4.78 is 23.4. The minimum Gasteiger partial charge on any atom is -0.756 e. The summed E-state index contributed by atoms with van der Waals surface area (Å²) in [5.41, 5.74) is 0. The van der Waals surface area contributed by atoms with Crippen LogP contribution >= 0.6 is 7.82 Å². The first kappa shape index (κ1) is 72.2. The van der Waals surface area contributed by atoms with Crippen molar-refractivity contribution in [3.8, 4) is 0 Å². The second-order valence-electron chi connectivity index (χ2n) is 23.8. The molecule has 0 aromatic carbocycles. The van der Waals surface area contributed by atoms with Gasteiger partial charge >= 0.3 is 0 Å². The first-order chi connectivity index (χ1) is 35.5. The number of quaternary nitrogens is 1. The van der Waals surface area contributed by atoms with E-state index < -0.39 is 20.0 Å². The van der Waals surface area contributed by atoms with Crippen LogP contribution < -0.4 is 10.2 Å². The number of phosphoric acid groups is 1. The van der Waals surface area contributed by atoms with E-state index in [4.69, 9.17) is 9.05 Å². The lowest BCUT2D eigenvalue weighted by molar-refractivity contribution is -0.870. The van der Waals surface area contributed by atoms with Crippen molar-refractivity contribution in [2.75, 3.05) is 40.9 Å². The molecule has 0 saturated carbocycles. The lowest BCUT2D eigenvalue weighted by atomic mass is 10.0. The number of nitrogens with zero attached hydrogens (tertiary/aromatic N) is 1. The largest absolute Gasteiger partial charge is 0.756 e. The molecule has 8 nitrogen and oxygen atoms in total. The standard InChI is InChI=1S/C64H129N2O6P/c1-6-8-10-12-14-16-18-20-22-23-24-25-26-27-28-29-30-31-32-33-34-35-36-37-38-39-40-41-42-44-46-48-50-52-54-56-58-64(68)65-62(61-72-73(69,70)71-60-59-66(3,4)5)63(67)57-55-53-51-49-47-45-43-21-19-17-15-13-11-9-7-2/h55,57,62-63,67H,6-54,56,58-61H2,1-5H3,(H-,65,68,69,70)/b57-55+. The molecule has 436 valence electrons. The summed E-state index contributed by atoms with van der Waals surface area (Å²) in [5.74, 6) is -0.189. The van der Waals surface area contributed by atoms with Crippen molar-refractivity contribution < 1.29 is 32.9 Å². The Morgan fingerprint density at radius 3 is 1.03 bits per heavy atom. The van der Waals surface area contributed by atoms with Crippen molar-refractivity contribution in [3.63, 3.8) is 0 Å². The van der Waals surface area contributed by atoms with E-state index in [9.17, 15) is 19.4 Å². The van der Waals surface area contributed by atoms with Gasteiger partial charge < -0.3 is 28.8 Å². The molecule has 0 fully saturated rings. The van der Waals surface area contributed by atoms with E-state index in [1.54, 1.807) is 6.08 Å². The smallest absolute Gasteiger partial charge is 0.268 e. The Balaban J connectivity index is 3.90. The third-order valence-electron chi connectivity index (χ3n) is 15.2. The van der Waals surface area contributed by atoms with Gasteiger partial charge in [0.2, 0.25) is 5.91 Å². The normalized spacial score (nSPS) is 13.8. The van der Waals surface area contributed by atoms with Crippen LogP contribution in [0.15, 0.2) is 12.2 Å². The van der Waals surface area contributed by atoms with Crippen LogP contribution in [-0.2, 0) is 18.4 Å². The summed E-state index contributed by atoms with van der Waals surface area (Å²) in [4.78, 5) is 25.5. The molecule has 0 aromatic rings. The van der Waals surface area contributed by atoms with Crippen LogP contribution in [0.2, 0.25) is 0 Å². The molecule has 0 spiro atoms. The highest BCUT2D eigenvalue weighted by atomic mass is 31.2. The number of carbonyl (C=O) groups excluding carboxylic acids is 1. The van der Waals surface area contributed by atoms with Gasteiger partial charge in [-0.25, -0.2) is 0 Å². The van der Waals surface area contributed by atoms with E-state index in [-0.39, 0.29) is 19.1 Å². The van der Waals surface area contributed by atoms with Crippen LogP contribution in [0.25, 0.3) is 0 Å². The molecule has 3 atom stereocenters. The first-order valence-corrected chi connectivity index (χ1v) is 34.0. The summed E-state index contributed by atoms with van der Waals surface area (Å²) in [5, 5.41) is 13.9. The Morgan fingerprint density at radius 2 is 0.740 bits per heavy atom. The zero-order chi connectivity index (χ0) is 53.5. The summed E-state index contributed by atoms with van der Waals surface area (Å²) in [6.45, 7) is 4.70. The Morgan fingerprint density at radius 1 is 0.466 bits per heavy atom. The maximum Gasteiger partial charge on any atom is 0.268 e. The second kappa shape index (κ2) is 56.0. The number of hydrogen-bond donors (Lipinski definition) is 2. The van der Waals surface area contributed by atoms with E-state index in [0.717, 1.165) is 38.5 Å². The molecule has 1 amide bonds. The fourth-order valence-electron chi connectivity index (χ4n) is 10.2. The van der Waals surface area contributed by atoms with Gasteiger partial charge in [-0.05, 0) is 19.3 Å². The van der Waals surface area contributed by atoms with E-state index in [2.05, 4.69) is 19.2 Å². The number of allylic oxidation sites excluding steroid dienone is 1. The molecule has 9 heteroatoms. The van der Waals surface area contributed by atoms with Crippen LogP contribution in [-0.4, -0.2) is 68.5 Å². The molecule has 0 bridgehead atoms. The number of carbonyl (C=O) groups is 1. The van der Waals surface area contributed by atoms with Gasteiger partial charge in [0.25, 0.3) is 7.82 Å². The Labute approximate surface area is 456 Å². The van der Waals surface area contributed by atoms with E-state index >= 15 is 0 Å². The van der Waals surface area contributed by atoms with Gasteiger partial charge in [0.05, 0.1) is 39.9 Å². The molecule has 0 aliphatic heterocycles. The van der Waals surface area contributed by atoms with Gasteiger partial charge in [0, 0.05) is 6.42 Å². The van der Waals surface area contributed by atoms with Gasteiger partial charge in [-0.2, -0.15) is 0 Å². The van der Waals surface area contributed by atoms with Crippen LogP contribution in [0.3, 0.4) is 0 Å². The molecule has 0 radical (unpaired) electrons. The number of aliphatic hydroxyl groups excluding tert-OH is 1. The number of rotatable bonds is 61. The monoisotopic (exact) mass is 1050 g/mol. The molecular weight excluding hydrogens is 924 g/mol. The maximum atomic E-state index is 13.0. The fraction of sp³-hybridized carbons (Fsp3) is 0.953. The molecule has 73 heavy (non-hydrogen) atoms. The highest BCUT2D eigenvalue weighted by molar-refractivity contribution is 7.45. The lowest BCUT2D eigenvalue weighted by Crippen LogP contribution is -2.45. The summed E-state index contributed by atoms with van der Waals surface area (Å²) in [6.07, 6.45) is 70.5. The number of likely N-dealkylation sites (N-methyl/N-ethyl adjacent to an activating group) is 1. The number of nitrogens with one attached hydrogen (secondary N) is 1. The highest BCUT2D eigenvalue weighted by Crippen LogP contribution is 2.38. The number of amides is 1. The molecule has 0 aromatic heterocycles. The molecule has 0 heterocycles. The SMILES string of the molecule is CCCCCCCCCCCCCCC/C=C/C(O)C(COP(=O)([O-])OCC[N+](C)(C)C)NC(=O)CCCCCCCCCCCCCCCCCCCCCCCCCCCCCCCCCCCCCC. The van der Waals surface area contributed by atoms with Crippen molar-refractivity contribution in [1.82, 2.24) is 5.32 Å². The van der Waals surface area contributed by atoms with Gasteiger partial charge in [0.1, 0.15) is 13.2 Å². The van der Waals surface area contributed by atoms with Crippen molar-refractivity contribution in [3.05, 3.63) is 12.2 Å². The van der Waals surface area contributed by atoms with Crippen LogP contribution in [0.4, 0.5) is 0 Å². The molecule has 0 rings (SSSR count). The number of hydrogen-bond acceptors (Lipinski definition) is 6. The predicted octanol–water partition coefficient (Wildman–Crippen LogP) is 19.5. The molecule has 3 unspecified atom stereocenters. The first-order valence-electron chi connectivity index (χ1n) is 32.6. The molecular formula is C64H129N2O6P. The third kappa shape index (κ3) is 58.8. The Hall–Kier alpha value is -0.760. The Kier molecular flexibility index (Phi) is 55.4. The highest BCUT2D eigenvalue weighted by Gasteiger charge is 2.23. The van der Waals surface area contributed by atoms with Crippen LogP contribution in [0, 0.1) is 0 Å². The zero-order valence-corrected chi connectivity index (χ0v) is 50.8. The minimum atomic E-state index is -4.59. The Bertz CT molecular complexity index is 1200. The number of aliphatic hydroxyl groups is 1. The van der Waals surface area contributed by atoms with Gasteiger partial charge in [-0.15, -0.1) is 0 Å². The van der Waals surface area contributed by atoms with Crippen LogP contribution in [0.5, 0.6) is 0 Å². The lowest BCUT2D eigenvalue weighted by Gasteiger charge is -2.29. The third-order valence-corrected chi connectivity index (χ3v) is 16.2. The fourth-order valence-corrected chi connectivity index (χ4v) is 10.9. The summed E-state index contributed by atoms with van der Waals surface area (Å²) >= 11 is 0. The van der Waals surface area contributed by atoms with Crippen molar-refractivity contribution in [2.24, 2.45) is 0 Å². The minimum absolute atomic E-state index is 0.00263. The molecule has 0 aliphatic rings.